The zero-order valence-corrected chi connectivity index (χ0v) is 27.9. The fourth-order valence-electron chi connectivity index (χ4n) is 6.12. The first kappa shape index (κ1) is 37.1. The number of allylic oxidation sites excluding steroid dienone is 9. The Morgan fingerprint density at radius 3 is 1.72 bits per heavy atom. The van der Waals surface area contributed by atoms with Crippen molar-refractivity contribution in [1.82, 2.24) is 0 Å². The molecule has 0 bridgehead atoms. The van der Waals surface area contributed by atoms with Gasteiger partial charge >= 0.3 is 22.8 Å². The van der Waals surface area contributed by atoms with Crippen LogP contribution in [-0.4, -0.2) is 58.1 Å². The summed E-state index contributed by atoms with van der Waals surface area (Å²) in [6.45, 7) is 0. The van der Waals surface area contributed by atoms with Crippen LogP contribution in [0.5, 0.6) is 0 Å². The SMILES string of the molecule is Brc1ccccc1.O=C1C2=CC3=CC([N+](=O)[O-])([N+](=O)[O-])C=CC3=C2C([N+](=O)[O-])([N+](=O)[O-])CC1([N+](=O)[O-])[N+](=O)[O-].O=C1C=CC=C2C1=Cc1ccccc12. The summed E-state index contributed by atoms with van der Waals surface area (Å²) in [4.78, 5) is 83.8. The number of hydrogen-bond acceptors (Lipinski definition) is 14. The molecule has 20 nitrogen and oxygen atoms in total. The highest BCUT2D eigenvalue weighted by Crippen LogP contribution is 2.51. The van der Waals surface area contributed by atoms with Crippen molar-refractivity contribution in [2.75, 3.05) is 0 Å². The van der Waals surface area contributed by atoms with Gasteiger partial charge in [-0.1, -0.05) is 70.5 Å². The number of halogens is 1. The molecule has 1 saturated carbocycles. The number of rotatable bonds is 6. The van der Waals surface area contributed by atoms with Crippen molar-refractivity contribution in [3.8, 4) is 0 Å². The van der Waals surface area contributed by atoms with E-state index < -0.39 is 81.0 Å². The zero-order valence-electron chi connectivity index (χ0n) is 26.3. The van der Waals surface area contributed by atoms with Crippen LogP contribution >= 0.6 is 15.9 Å². The smallest absolute Gasteiger partial charge is 0.289 e. The molecule has 2 aromatic rings. The molecule has 1 fully saturated rings. The Morgan fingerprint density at radius 1 is 0.623 bits per heavy atom. The summed E-state index contributed by atoms with van der Waals surface area (Å²) >= 11 is 3.31. The van der Waals surface area contributed by atoms with E-state index in [1.165, 1.54) is 5.56 Å². The maximum absolute atomic E-state index is 12.8. The molecule has 0 atom stereocenters. The minimum atomic E-state index is -4.02. The van der Waals surface area contributed by atoms with Crippen molar-refractivity contribution in [2.24, 2.45) is 0 Å². The van der Waals surface area contributed by atoms with Crippen LogP contribution in [0.2, 0.25) is 0 Å². The van der Waals surface area contributed by atoms with Gasteiger partial charge in [-0.25, -0.2) is 0 Å². The van der Waals surface area contributed by atoms with Crippen molar-refractivity contribution >= 4 is 39.1 Å². The van der Waals surface area contributed by atoms with Gasteiger partial charge in [0.05, 0.1) is 17.7 Å². The van der Waals surface area contributed by atoms with E-state index in [1.807, 2.05) is 66.8 Å². The Bertz CT molecular complexity index is 2260. The molecule has 53 heavy (non-hydrogen) atoms. The number of hydrogen-bond donors (Lipinski definition) is 0. The Kier molecular flexibility index (Phi) is 9.46. The van der Waals surface area contributed by atoms with Gasteiger partial charge in [-0.2, -0.15) is 0 Å². The summed E-state index contributed by atoms with van der Waals surface area (Å²) in [6, 6.07) is 18.1. The normalized spacial score (nSPS) is 18.7. The summed E-state index contributed by atoms with van der Waals surface area (Å²) < 4.78 is 1.13. The van der Waals surface area contributed by atoms with Crippen LogP contribution in [0.15, 0.2) is 129 Å². The standard InChI is InChI=1S/C13H6N6O13.C13H8O.C6H5Br/c20-10-8-3-6-4-11(14(21)22,15(23)24)2-1-7(6)9(8)12(16(25)26,17(27)28)5-13(10,18(29)30)19(31)32;14-13-7-3-6-11-10-5-2-1-4-9(10)8-12(11)13;7-6-4-2-1-3-5-6/h1-4H,5H2;1-8H;1-5H. The third-order valence-electron chi connectivity index (χ3n) is 8.66. The van der Waals surface area contributed by atoms with Crippen LogP contribution in [0.25, 0.3) is 11.6 Å². The Morgan fingerprint density at radius 2 is 1.19 bits per heavy atom. The summed E-state index contributed by atoms with van der Waals surface area (Å²) in [5, 5.41) is 69.2. The molecule has 0 spiro atoms. The van der Waals surface area contributed by atoms with Crippen LogP contribution in [0, 0.1) is 60.7 Å². The maximum atomic E-state index is 12.8. The maximum Gasteiger partial charge on any atom is 0.534 e. The summed E-state index contributed by atoms with van der Waals surface area (Å²) in [7, 11) is 0. The van der Waals surface area contributed by atoms with E-state index in [2.05, 4.69) is 22.0 Å². The van der Waals surface area contributed by atoms with E-state index in [1.54, 1.807) is 6.08 Å². The molecular weight excluding hydrogens is 772 g/mol. The van der Waals surface area contributed by atoms with Crippen LogP contribution in [-0.2, 0) is 9.59 Å². The molecule has 0 unspecified atom stereocenters. The number of benzene rings is 2. The number of Topliss-reactive ketones (excluding diaryl/α,β-unsaturated/α-hetero) is 1. The van der Waals surface area contributed by atoms with E-state index in [0.29, 0.717) is 24.3 Å². The predicted molar refractivity (Wildman–Crippen MR) is 183 cm³/mol. The van der Waals surface area contributed by atoms with Gasteiger partial charge in [0.1, 0.15) is 35.1 Å². The highest BCUT2D eigenvalue weighted by molar-refractivity contribution is 9.10. The largest absolute Gasteiger partial charge is 0.534 e. The molecule has 0 saturated heterocycles. The van der Waals surface area contributed by atoms with Gasteiger partial charge in [0.2, 0.25) is 6.42 Å². The van der Waals surface area contributed by atoms with E-state index >= 15 is 0 Å². The van der Waals surface area contributed by atoms with E-state index in [0.717, 1.165) is 21.2 Å². The minimum Gasteiger partial charge on any atom is -0.289 e. The number of nitrogens with zero attached hydrogens (tertiary/aromatic N) is 6. The molecule has 7 rings (SSSR count). The zero-order chi connectivity index (χ0) is 39.0. The van der Waals surface area contributed by atoms with Gasteiger partial charge in [0, 0.05) is 15.6 Å². The number of fused-ring (bicyclic) bond motifs is 5. The van der Waals surface area contributed by atoms with Crippen molar-refractivity contribution in [2.45, 2.75) is 23.4 Å². The fourth-order valence-corrected chi connectivity index (χ4v) is 6.42. The van der Waals surface area contributed by atoms with E-state index in [4.69, 9.17) is 0 Å². The van der Waals surface area contributed by atoms with Gasteiger partial charge in [-0.3, -0.25) is 70.3 Å². The molecular formula is C32H19BrN6O14. The van der Waals surface area contributed by atoms with Gasteiger partial charge in [-0.15, -0.1) is 0 Å². The molecule has 0 N–H and O–H groups in total. The molecule has 0 aromatic heterocycles. The van der Waals surface area contributed by atoms with Crippen molar-refractivity contribution < 1.29 is 39.1 Å². The highest BCUT2D eigenvalue weighted by Gasteiger charge is 2.84. The summed E-state index contributed by atoms with van der Waals surface area (Å²) in [6.07, 6.45) is 6.96. The number of ketones is 2. The summed E-state index contributed by atoms with van der Waals surface area (Å²) in [5.74, 6) is -1.84. The second kappa shape index (κ2) is 13.5. The Labute approximate surface area is 302 Å². The molecule has 21 heteroatoms. The second-order valence-electron chi connectivity index (χ2n) is 11.5. The van der Waals surface area contributed by atoms with Gasteiger partial charge in [0.15, 0.2) is 5.78 Å². The summed E-state index contributed by atoms with van der Waals surface area (Å²) in [5.41, 5.74) is -10.3. The lowest BCUT2D eigenvalue weighted by molar-refractivity contribution is -0.830. The fraction of sp³-hybridized carbons (Fsp3) is 0.125. The minimum absolute atomic E-state index is 0.110. The van der Waals surface area contributed by atoms with Crippen LogP contribution in [0.1, 0.15) is 17.5 Å². The van der Waals surface area contributed by atoms with Crippen molar-refractivity contribution in [3.63, 3.8) is 0 Å². The molecule has 5 aliphatic carbocycles. The topological polar surface area (TPSA) is 293 Å². The number of nitro groups is 6. The molecule has 268 valence electrons. The van der Waals surface area contributed by atoms with Gasteiger partial charge in [0.25, 0.3) is 0 Å². The lowest BCUT2D eigenvalue weighted by Crippen LogP contribution is -2.66. The molecule has 0 aliphatic heterocycles. The quantitative estimate of drug-likeness (QED) is 0.221. The van der Waals surface area contributed by atoms with Crippen LogP contribution in [0.3, 0.4) is 0 Å². The first-order valence-electron chi connectivity index (χ1n) is 14.7. The highest BCUT2D eigenvalue weighted by atomic mass is 79.9. The number of carbonyl (C=O) groups is 2. The lowest BCUT2D eigenvalue weighted by atomic mass is 9.73. The van der Waals surface area contributed by atoms with Gasteiger partial charge < -0.3 is 0 Å². The molecule has 5 aliphatic rings. The average molecular weight is 791 g/mol. The predicted octanol–water partition coefficient (Wildman–Crippen LogP) is 4.50. The Hall–Kier alpha value is -7.16. The monoisotopic (exact) mass is 790 g/mol. The second-order valence-corrected chi connectivity index (χ2v) is 12.4. The van der Waals surface area contributed by atoms with Crippen molar-refractivity contribution in [3.05, 3.63) is 201 Å². The first-order valence-corrected chi connectivity index (χ1v) is 15.5. The molecule has 0 amide bonds. The first-order chi connectivity index (χ1) is 24.9. The van der Waals surface area contributed by atoms with Crippen molar-refractivity contribution in [1.29, 1.82) is 0 Å². The van der Waals surface area contributed by atoms with E-state index in [9.17, 15) is 70.3 Å². The molecule has 0 radical (unpaired) electrons. The molecule has 0 heterocycles. The Balaban J connectivity index is 0.000000207. The van der Waals surface area contributed by atoms with Crippen LogP contribution in [0.4, 0.5) is 0 Å². The average Bonchev–Trinajstić information content (AvgIpc) is 3.69. The molecule has 2 aromatic carbocycles. The van der Waals surface area contributed by atoms with E-state index in [-0.39, 0.29) is 5.78 Å². The van der Waals surface area contributed by atoms with Gasteiger partial charge in [-0.05, 0) is 58.7 Å². The third-order valence-corrected chi connectivity index (χ3v) is 9.19. The third kappa shape index (κ3) is 5.83. The van der Waals surface area contributed by atoms with Crippen LogP contribution < -0.4 is 0 Å². The lowest BCUT2D eigenvalue weighted by Gasteiger charge is -2.28. The number of carbonyl (C=O) groups excluding carboxylic acids is 2.